The number of hydrogen-bond donors (Lipinski definition) is 0. The lowest BCUT2D eigenvalue weighted by atomic mass is 10.1. The van der Waals surface area contributed by atoms with Crippen LogP contribution >= 0.6 is 0 Å². The average molecular weight is 238 g/mol. The maximum absolute atomic E-state index is 4.19. The van der Waals surface area contributed by atoms with Gasteiger partial charge in [0.1, 0.15) is 0 Å². The van der Waals surface area contributed by atoms with Gasteiger partial charge in [-0.1, -0.05) is 24.3 Å². The number of aromatic nitrogens is 1. The molecule has 0 fully saturated rings. The molecule has 0 aliphatic heterocycles. The predicted octanol–water partition coefficient (Wildman–Crippen LogP) is 3.63. The first kappa shape index (κ1) is 12.4. The van der Waals surface area contributed by atoms with E-state index < -0.39 is 0 Å². The lowest BCUT2D eigenvalue weighted by molar-refractivity contribution is 1.13. The first-order valence-corrected chi connectivity index (χ1v) is 6.03. The minimum absolute atomic E-state index is 1.04. The summed E-state index contributed by atoms with van der Waals surface area (Å²) in [4.78, 5) is 6.28. The molecule has 0 atom stereocenters. The van der Waals surface area contributed by atoms with E-state index in [1.165, 1.54) is 16.8 Å². The van der Waals surface area contributed by atoms with Crippen molar-refractivity contribution in [3.63, 3.8) is 0 Å². The summed E-state index contributed by atoms with van der Waals surface area (Å²) in [5, 5.41) is 0. The lowest BCUT2D eigenvalue weighted by Gasteiger charge is -2.11. The largest absolute Gasteiger partial charge is 0.378 e. The quantitative estimate of drug-likeness (QED) is 0.811. The molecule has 0 saturated heterocycles. The molecule has 0 saturated carbocycles. The van der Waals surface area contributed by atoms with Crippen LogP contribution in [0.3, 0.4) is 0 Å². The van der Waals surface area contributed by atoms with Crippen LogP contribution < -0.4 is 4.90 Å². The monoisotopic (exact) mass is 238 g/mol. The molecule has 2 aromatic rings. The zero-order valence-corrected chi connectivity index (χ0v) is 11.1. The van der Waals surface area contributed by atoms with Crippen LogP contribution in [0.1, 0.15) is 16.8 Å². The SMILES string of the molecule is Cc1cc(/C=C/c2ccc(N(C)C)cc2)ccn1. The van der Waals surface area contributed by atoms with Crippen LogP contribution in [0.25, 0.3) is 12.2 Å². The van der Waals surface area contributed by atoms with Crippen molar-refractivity contribution in [3.05, 3.63) is 59.4 Å². The summed E-state index contributed by atoms with van der Waals surface area (Å²) in [6, 6.07) is 12.6. The van der Waals surface area contributed by atoms with E-state index in [0.717, 1.165) is 5.69 Å². The van der Waals surface area contributed by atoms with Crippen molar-refractivity contribution in [2.45, 2.75) is 6.92 Å². The Balaban J connectivity index is 2.14. The lowest BCUT2D eigenvalue weighted by Crippen LogP contribution is -2.07. The summed E-state index contributed by atoms with van der Waals surface area (Å²) in [7, 11) is 4.09. The van der Waals surface area contributed by atoms with Gasteiger partial charge in [-0.2, -0.15) is 0 Å². The molecule has 0 N–H and O–H groups in total. The maximum atomic E-state index is 4.19. The first-order chi connectivity index (χ1) is 8.65. The molecule has 0 radical (unpaired) electrons. The van der Waals surface area contributed by atoms with E-state index in [4.69, 9.17) is 0 Å². The summed E-state index contributed by atoms with van der Waals surface area (Å²) in [5.74, 6) is 0. The molecule has 1 aromatic carbocycles. The van der Waals surface area contributed by atoms with Gasteiger partial charge in [0, 0.05) is 31.7 Å². The van der Waals surface area contributed by atoms with Gasteiger partial charge in [-0.15, -0.1) is 0 Å². The third kappa shape index (κ3) is 3.20. The van der Waals surface area contributed by atoms with Crippen molar-refractivity contribution in [2.75, 3.05) is 19.0 Å². The van der Waals surface area contributed by atoms with E-state index in [2.05, 4.69) is 52.4 Å². The fraction of sp³-hybridized carbons (Fsp3) is 0.188. The van der Waals surface area contributed by atoms with Gasteiger partial charge in [-0.3, -0.25) is 4.98 Å². The predicted molar refractivity (Wildman–Crippen MR) is 78.7 cm³/mol. The molecule has 0 aliphatic rings. The topological polar surface area (TPSA) is 16.1 Å². The van der Waals surface area contributed by atoms with Gasteiger partial charge in [-0.25, -0.2) is 0 Å². The number of aryl methyl sites for hydroxylation is 1. The highest BCUT2D eigenvalue weighted by Crippen LogP contribution is 2.14. The van der Waals surface area contributed by atoms with Crippen LogP contribution in [0.15, 0.2) is 42.6 Å². The minimum Gasteiger partial charge on any atom is -0.378 e. The standard InChI is InChI=1S/C16H18N2/c1-13-12-15(10-11-17-13)5-4-14-6-8-16(9-7-14)18(2)3/h4-12H,1-3H3/b5-4+. The normalized spacial score (nSPS) is 10.8. The highest BCUT2D eigenvalue weighted by atomic mass is 15.1. The van der Waals surface area contributed by atoms with E-state index in [0.29, 0.717) is 0 Å². The second-order valence-corrected chi connectivity index (χ2v) is 4.55. The van der Waals surface area contributed by atoms with E-state index in [9.17, 15) is 0 Å². The molecule has 0 aliphatic carbocycles. The first-order valence-electron chi connectivity index (χ1n) is 6.03. The zero-order valence-electron chi connectivity index (χ0n) is 11.1. The summed E-state index contributed by atoms with van der Waals surface area (Å²) >= 11 is 0. The third-order valence-corrected chi connectivity index (χ3v) is 2.80. The molecular weight excluding hydrogens is 220 g/mol. The van der Waals surface area contributed by atoms with Crippen molar-refractivity contribution < 1.29 is 0 Å². The van der Waals surface area contributed by atoms with Crippen LogP contribution in [0.2, 0.25) is 0 Å². The average Bonchev–Trinajstić information content (AvgIpc) is 2.37. The maximum Gasteiger partial charge on any atom is 0.0378 e. The number of anilines is 1. The molecule has 0 spiro atoms. The Morgan fingerprint density at radius 2 is 1.61 bits per heavy atom. The van der Waals surface area contributed by atoms with E-state index in [1.54, 1.807) is 0 Å². The van der Waals surface area contributed by atoms with Crippen molar-refractivity contribution in [1.29, 1.82) is 0 Å². The highest BCUT2D eigenvalue weighted by Gasteiger charge is 1.94. The van der Waals surface area contributed by atoms with Crippen molar-refractivity contribution in [2.24, 2.45) is 0 Å². The second-order valence-electron chi connectivity index (χ2n) is 4.55. The van der Waals surface area contributed by atoms with Crippen molar-refractivity contribution in [3.8, 4) is 0 Å². The number of rotatable bonds is 3. The number of benzene rings is 1. The van der Waals surface area contributed by atoms with Crippen molar-refractivity contribution >= 4 is 17.8 Å². The molecule has 2 rings (SSSR count). The Morgan fingerprint density at radius 3 is 2.22 bits per heavy atom. The summed E-state index contributed by atoms with van der Waals surface area (Å²) < 4.78 is 0. The van der Waals surface area contributed by atoms with Crippen LogP contribution in [0.4, 0.5) is 5.69 Å². The molecule has 2 heteroatoms. The molecule has 2 nitrogen and oxygen atoms in total. The van der Waals surface area contributed by atoms with Crippen LogP contribution in [0.5, 0.6) is 0 Å². The Bertz CT molecular complexity index is 539. The Hall–Kier alpha value is -2.09. The molecule has 92 valence electrons. The molecule has 18 heavy (non-hydrogen) atoms. The van der Waals surface area contributed by atoms with E-state index in [1.807, 2.05) is 33.3 Å². The second kappa shape index (κ2) is 5.50. The highest BCUT2D eigenvalue weighted by molar-refractivity contribution is 5.70. The van der Waals surface area contributed by atoms with Gasteiger partial charge in [0.05, 0.1) is 0 Å². The third-order valence-electron chi connectivity index (χ3n) is 2.80. The number of nitrogens with zero attached hydrogens (tertiary/aromatic N) is 2. The van der Waals surface area contributed by atoms with Gasteiger partial charge in [0.2, 0.25) is 0 Å². The minimum atomic E-state index is 1.04. The molecule has 0 unspecified atom stereocenters. The van der Waals surface area contributed by atoms with E-state index >= 15 is 0 Å². The summed E-state index contributed by atoms with van der Waals surface area (Å²) in [6.45, 7) is 2.00. The smallest absolute Gasteiger partial charge is 0.0378 e. The number of hydrogen-bond acceptors (Lipinski definition) is 2. The zero-order chi connectivity index (χ0) is 13.0. The van der Waals surface area contributed by atoms with Gasteiger partial charge < -0.3 is 4.90 Å². The Labute approximate surface area is 109 Å². The molecule has 0 bridgehead atoms. The molecule has 1 aromatic heterocycles. The molecule has 0 amide bonds. The fourth-order valence-electron chi connectivity index (χ4n) is 1.75. The van der Waals surface area contributed by atoms with Crippen molar-refractivity contribution in [1.82, 2.24) is 4.98 Å². The van der Waals surface area contributed by atoms with Crippen LogP contribution in [-0.4, -0.2) is 19.1 Å². The Kier molecular flexibility index (Phi) is 3.78. The van der Waals surface area contributed by atoms with Crippen LogP contribution in [-0.2, 0) is 0 Å². The summed E-state index contributed by atoms with van der Waals surface area (Å²) in [6.07, 6.45) is 6.07. The molecule has 1 heterocycles. The Morgan fingerprint density at radius 1 is 0.944 bits per heavy atom. The molecular formula is C16H18N2. The summed E-state index contributed by atoms with van der Waals surface area (Å²) in [5.41, 5.74) is 4.64. The van der Waals surface area contributed by atoms with Gasteiger partial charge in [0.25, 0.3) is 0 Å². The fourth-order valence-corrected chi connectivity index (χ4v) is 1.75. The van der Waals surface area contributed by atoms with Gasteiger partial charge >= 0.3 is 0 Å². The van der Waals surface area contributed by atoms with Crippen LogP contribution in [0, 0.1) is 6.92 Å². The van der Waals surface area contributed by atoms with E-state index in [-0.39, 0.29) is 0 Å². The van der Waals surface area contributed by atoms with Gasteiger partial charge in [-0.05, 0) is 42.3 Å². The van der Waals surface area contributed by atoms with Gasteiger partial charge in [0.15, 0.2) is 0 Å². The number of pyridine rings is 1.